The number of nitrogen functional groups attached to an aromatic ring is 1. The van der Waals surface area contributed by atoms with Gasteiger partial charge in [0.15, 0.2) is 0 Å². The van der Waals surface area contributed by atoms with Gasteiger partial charge in [-0.05, 0) is 26.0 Å². The predicted octanol–water partition coefficient (Wildman–Crippen LogP) is 1.21. The Morgan fingerprint density at radius 1 is 1.37 bits per heavy atom. The molecule has 3 N–H and O–H groups in total. The maximum Gasteiger partial charge on any atom is 0.329 e. The Morgan fingerprint density at radius 2 is 1.95 bits per heavy atom. The van der Waals surface area contributed by atoms with Gasteiger partial charge in [0.1, 0.15) is 11.3 Å². The van der Waals surface area contributed by atoms with E-state index in [0.717, 1.165) is 4.90 Å². The van der Waals surface area contributed by atoms with E-state index < -0.39 is 17.4 Å². The fraction of sp³-hybridized carbons (Fsp3) is 0.385. The van der Waals surface area contributed by atoms with Crippen LogP contribution in [0.2, 0.25) is 0 Å². The number of hydrogen-bond donors (Lipinski definition) is 2. The summed E-state index contributed by atoms with van der Waals surface area (Å²) in [5.74, 6) is -1.21. The molecule has 1 amide bonds. The van der Waals surface area contributed by atoms with E-state index in [1.807, 2.05) is 0 Å². The van der Waals surface area contributed by atoms with E-state index in [1.54, 1.807) is 6.07 Å². The Balaban J connectivity index is 3.17. The van der Waals surface area contributed by atoms with Crippen molar-refractivity contribution in [1.82, 2.24) is 4.90 Å². The van der Waals surface area contributed by atoms with Crippen molar-refractivity contribution >= 4 is 17.6 Å². The summed E-state index contributed by atoms with van der Waals surface area (Å²) in [7, 11) is 2.86. The normalized spacial score (nSPS) is 10.9. The van der Waals surface area contributed by atoms with E-state index in [0.29, 0.717) is 11.4 Å². The molecule has 104 valence electrons. The summed E-state index contributed by atoms with van der Waals surface area (Å²) < 4.78 is 5.10. The number of nitrogens with zero attached hydrogens (tertiary/aromatic N) is 1. The number of anilines is 1. The predicted molar refractivity (Wildman–Crippen MR) is 71.2 cm³/mol. The van der Waals surface area contributed by atoms with Crippen LogP contribution >= 0.6 is 0 Å². The molecule has 0 saturated heterocycles. The van der Waals surface area contributed by atoms with E-state index in [4.69, 9.17) is 15.6 Å². The molecule has 0 aliphatic rings. The van der Waals surface area contributed by atoms with Gasteiger partial charge in [0.2, 0.25) is 0 Å². The Labute approximate surface area is 111 Å². The van der Waals surface area contributed by atoms with Crippen molar-refractivity contribution in [3.05, 3.63) is 23.8 Å². The monoisotopic (exact) mass is 266 g/mol. The third-order valence-electron chi connectivity index (χ3n) is 3.12. The first kappa shape index (κ1) is 14.8. The SMILES string of the molecule is COc1cc(N)ccc1C(=O)N(C)C(C)(C)C(=O)O. The number of carbonyl (C=O) groups is 2. The van der Waals surface area contributed by atoms with Gasteiger partial charge >= 0.3 is 5.97 Å². The Bertz CT molecular complexity index is 511. The standard InChI is InChI=1S/C13H18N2O4/c1-13(2,12(17)18)15(3)11(16)9-6-5-8(14)7-10(9)19-4/h5-7H,14H2,1-4H3,(H,17,18). The molecule has 0 atom stereocenters. The molecule has 1 aromatic carbocycles. The molecule has 0 saturated carbocycles. The highest BCUT2D eigenvalue weighted by molar-refractivity contribution is 6.00. The fourth-order valence-corrected chi connectivity index (χ4v) is 1.46. The minimum absolute atomic E-state index is 0.272. The molecule has 0 heterocycles. The first-order chi connectivity index (χ1) is 8.71. The highest BCUT2D eigenvalue weighted by Gasteiger charge is 2.36. The zero-order chi connectivity index (χ0) is 14.8. The van der Waals surface area contributed by atoms with Gasteiger partial charge in [0.25, 0.3) is 5.91 Å². The molecule has 0 aliphatic heterocycles. The lowest BCUT2D eigenvalue weighted by Crippen LogP contribution is -2.50. The number of carbonyl (C=O) groups excluding carboxylic acids is 1. The molecule has 0 aliphatic carbocycles. The molecule has 1 rings (SSSR count). The molecule has 0 radical (unpaired) electrons. The molecule has 0 aromatic heterocycles. The van der Waals surface area contributed by atoms with Gasteiger partial charge in [0.05, 0.1) is 12.7 Å². The second-order valence-corrected chi connectivity index (χ2v) is 4.69. The van der Waals surface area contributed by atoms with Crippen LogP contribution in [-0.4, -0.2) is 41.6 Å². The third-order valence-corrected chi connectivity index (χ3v) is 3.12. The van der Waals surface area contributed by atoms with Crippen molar-refractivity contribution < 1.29 is 19.4 Å². The van der Waals surface area contributed by atoms with Crippen LogP contribution in [0.5, 0.6) is 5.75 Å². The molecule has 0 unspecified atom stereocenters. The van der Waals surface area contributed by atoms with Crippen molar-refractivity contribution in [3.8, 4) is 5.75 Å². The number of hydrogen-bond acceptors (Lipinski definition) is 4. The highest BCUT2D eigenvalue weighted by atomic mass is 16.5. The summed E-state index contributed by atoms with van der Waals surface area (Å²) in [6.45, 7) is 2.91. The van der Waals surface area contributed by atoms with Gasteiger partial charge < -0.3 is 20.5 Å². The van der Waals surface area contributed by atoms with Crippen molar-refractivity contribution in [1.29, 1.82) is 0 Å². The van der Waals surface area contributed by atoms with Crippen LogP contribution in [-0.2, 0) is 4.79 Å². The maximum absolute atomic E-state index is 12.3. The van der Waals surface area contributed by atoms with Crippen LogP contribution in [0.3, 0.4) is 0 Å². The number of likely N-dealkylation sites (N-methyl/N-ethyl adjacent to an activating group) is 1. The van der Waals surface area contributed by atoms with Crippen LogP contribution < -0.4 is 10.5 Å². The molecule has 0 fully saturated rings. The number of amides is 1. The molecular formula is C13H18N2O4. The quantitative estimate of drug-likeness (QED) is 0.799. The number of aliphatic carboxylic acids is 1. The van der Waals surface area contributed by atoms with Gasteiger partial charge in [-0.3, -0.25) is 4.79 Å². The Kier molecular flexibility index (Phi) is 4.04. The second kappa shape index (κ2) is 5.17. The Morgan fingerprint density at radius 3 is 2.42 bits per heavy atom. The summed E-state index contributed by atoms with van der Waals surface area (Å²) >= 11 is 0. The summed E-state index contributed by atoms with van der Waals surface area (Å²) in [4.78, 5) is 24.6. The van der Waals surface area contributed by atoms with Crippen LogP contribution in [0.25, 0.3) is 0 Å². The minimum atomic E-state index is -1.32. The van der Waals surface area contributed by atoms with E-state index in [9.17, 15) is 9.59 Å². The molecule has 1 aromatic rings. The van der Waals surface area contributed by atoms with Crippen molar-refractivity contribution in [3.63, 3.8) is 0 Å². The van der Waals surface area contributed by atoms with Crippen molar-refractivity contribution in [2.24, 2.45) is 0 Å². The van der Waals surface area contributed by atoms with E-state index >= 15 is 0 Å². The highest BCUT2D eigenvalue weighted by Crippen LogP contribution is 2.25. The van der Waals surface area contributed by atoms with Gasteiger partial charge in [0, 0.05) is 18.8 Å². The average molecular weight is 266 g/mol. The van der Waals surface area contributed by atoms with Gasteiger partial charge in [-0.2, -0.15) is 0 Å². The average Bonchev–Trinajstić information content (AvgIpc) is 2.36. The molecular weight excluding hydrogens is 248 g/mol. The minimum Gasteiger partial charge on any atom is -0.496 e. The molecule has 6 heteroatoms. The molecule has 19 heavy (non-hydrogen) atoms. The van der Waals surface area contributed by atoms with Crippen LogP contribution in [0.15, 0.2) is 18.2 Å². The lowest BCUT2D eigenvalue weighted by atomic mass is 10.0. The number of rotatable bonds is 4. The smallest absolute Gasteiger partial charge is 0.329 e. The van der Waals surface area contributed by atoms with E-state index in [-0.39, 0.29) is 5.56 Å². The third kappa shape index (κ3) is 2.78. The van der Waals surface area contributed by atoms with Crippen LogP contribution in [0.4, 0.5) is 5.69 Å². The number of carboxylic acids is 1. The Hall–Kier alpha value is -2.24. The second-order valence-electron chi connectivity index (χ2n) is 4.69. The number of carboxylic acid groups (broad SMARTS) is 1. The largest absolute Gasteiger partial charge is 0.496 e. The van der Waals surface area contributed by atoms with E-state index in [1.165, 1.54) is 40.1 Å². The zero-order valence-electron chi connectivity index (χ0n) is 11.4. The summed E-state index contributed by atoms with van der Waals surface area (Å²) in [5, 5.41) is 9.13. The number of ether oxygens (including phenoxy) is 1. The van der Waals surface area contributed by atoms with Crippen LogP contribution in [0.1, 0.15) is 24.2 Å². The molecule has 0 bridgehead atoms. The number of benzene rings is 1. The fourth-order valence-electron chi connectivity index (χ4n) is 1.46. The first-order valence-corrected chi connectivity index (χ1v) is 5.67. The number of methoxy groups -OCH3 is 1. The summed E-state index contributed by atoms with van der Waals surface area (Å²) in [6.07, 6.45) is 0. The van der Waals surface area contributed by atoms with Gasteiger partial charge in [-0.1, -0.05) is 0 Å². The topological polar surface area (TPSA) is 92.9 Å². The van der Waals surface area contributed by atoms with Crippen molar-refractivity contribution in [2.45, 2.75) is 19.4 Å². The molecule has 6 nitrogen and oxygen atoms in total. The van der Waals surface area contributed by atoms with Crippen molar-refractivity contribution in [2.75, 3.05) is 19.9 Å². The van der Waals surface area contributed by atoms with Crippen LogP contribution in [0, 0.1) is 0 Å². The maximum atomic E-state index is 12.3. The van der Waals surface area contributed by atoms with Gasteiger partial charge in [-0.25, -0.2) is 4.79 Å². The first-order valence-electron chi connectivity index (χ1n) is 5.67. The zero-order valence-corrected chi connectivity index (χ0v) is 11.4. The summed E-state index contributed by atoms with van der Waals surface area (Å²) in [5.41, 5.74) is 5.04. The summed E-state index contributed by atoms with van der Waals surface area (Å²) in [6, 6.07) is 4.61. The van der Waals surface area contributed by atoms with Gasteiger partial charge in [-0.15, -0.1) is 0 Å². The lowest BCUT2D eigenvalue weighted by Gasteiger charge is -2.31. The van der Waals surface area contributed by atoms with E-state index in [2.05, 4.69) is 0 Å². The lowest BCUT2D eigenvalue weighted by molar-refractivity contribution is -0.147. The number of nitrogens with two attached hydrogens (primary N) is 1. The molecule has 0 spiro atoms.